The highest BCUT2D eigenvalue weighted by molar-refractivity contribution is 5.48. The number of benzene rings is 1. The Labute approximate surface area is 124 Å². The van der Waals surface area contributed by atoms with Crippen molar-refractivity contribution in [3.63, 3.8) is 0 Å². The van der Waals surface area contributed by atoms with Crippen LogP contribution in [0, 0.1) is 0 Å². The van der Waals surface area contributed by atoms with Gasteiger partial charge in [-0.25, -0.2) is 4.98 Å². The van der Waals surface area contributed by atoms with E-state index in [0.29, 0.717) is 11.4 Å². The molecule has 2 aromatic heterocycles. The number of fused-ring (bicyclic) bond motifs is 1. The van der Waals surface area contributed by atoms with E-state index in [0.717, 1.165) is 23.5 Å². The van der Waals surface area contributed by atoms with Crippen molar-refractivity contribution >= 4 is 11.3 Å². The van der Waals surface area contributed by atoms with E-state index in [-0.39, 0.29) is 6.61 Å². The third-order valence-electron chi connectivity index (χ3n) is 3.17. The topological polar surface area (TPSA) is 52.5 Å². The molecule has 0 aliphatic heterocycles. The molecule has 0 spiro atoms. The quantitative estimate of drug-likeness (QED) is 0.805. The molecule has 2 heterocycles. The SMILES string of the molecule is Nc1ccc2ncc(COc3ccc(C(F)(F)F)cc3)n2c1. The Morgan fingerprint density at radius 1 is 1.09 bits per heavy atom. The summed E-state index contributed by atoms with van der Waals surface area (Å²) in [5.41, 5.74) is 7.07. The Balaban J connectivity index is 1.75. The lowest BCUT2D eigenvalue weighted by molar-refractivity contribution is -0.137. The number of rotatable bonds is 3. The molecule has 4 nitrogen and oxygen atoms in total. The molecule has 0 fully saturated rings. The summed E-state index contributed by atoms with van der Waals surface area (Å²) < 4.78 is 44.7. The summed E-state index contributed by atoms with van der Waals surface area (Å²) in [5.74, 6) is 0.354. The number of nitrogen functional groups attached to an aromatic ring is 1. The van der Waals surface area contributed by atoms with E-state index in [1.165, 1.54) is 12.1 Å². The molecule has 7 heteroatoms. The van der Waals surface area contributed by atoms with Crippen molar-refractivity contribution in [1.29, 1.82) is 0 Å². The number of nitrogens with two attached hydrogens (primary N) is 1. The molecular weight excluding hydrogens is 295 g/mol. The molecule has 3 rings (SSSR count). The molecule has 0 amide bonds. The summed E-state index contributed by atoms with van der Waals surface area (Å²) in [4.78, 5) is 4.20. The number of nitrogens with zero attached hydrogens (tertiary/aromatic N) is 2. The van der Waals surface area contributed by atoms with E-state index in [1.54, 1.807) is 28.9 Å². The average Bonchev–Trinajstić information content (AvgIpc) is 2.87. The minimum absolute atomic E-state index is 0.177. The van der Waals surface area contributed by atoms with Gasteiger partial charge in [-0.2, -0.15) is 13.2 Å². The van der Waals surface area contributed by atoms with Crippen molar-refractivity contribution in [3.8, 4) is 5.75 Å². The van der Waals surface area contributed by atoms with E-state index < -0.39 is 11.7 Å². The number of aromatic nitrogens is 2. The molecule has 0 saturated heterocycles. The van der Waals surface area contributed by atoms with Gasteiger partial charge in [0.05, 0.1) is 17.5 Å². The third-order valence-corrected chi connectivity index (χ3v) is 3.17. The van der Waals surface area contributed by atoms with Crippen LogP contribution < -0.4 is 10.5 Å². The molecule has 0 aliphatic carbocycles. The van der Waals surface area contributed by atoms with Crippen LogP contribution in [0.3, 0.4) is 0 Å². The first-order chi connectivity index (χ1) is 10.4. The van der Waals surface area contributed by atoms with Crippen LogP contribution in [0.1, 0.15) is 11.3 Å². The van der Waals surface area contributed by atoms with Crippen molar-refractivity contribution < 1.29 is 17.9 Å². The predicted octanol–water partition coefficient (Wildman–Crippen LogP) is 3.51. The zero-order valence-corrected chi connectivity index (χ0v) is 11.3. The van der Waals surface area contributed by atoms with Gasteiger partial charge in [-0.1, -0.05) is 0 Å². The number of anilines is 1. The van der Waals surface area contributed by atoms with E-state index in [2.05, 4.69) is 4.98 Å². The molecule has 0 atom stereocenters. The molecule has 0 radical (unpaired) electrons. The number of alkyl halides is 3. The lowest BCUT2D eigenvalue weighted by Gasteiger charge is -2.09. The fourth-order valence-corrected chi connectivity index (χ4v) is 2.05. The number of halogens is 3. The molecule has 3 aromatic rings. The number of pyridine rings is 1. The molecule has 22 heavy (non-hydrogen) atoms. The first-order valence-electron chi connectivity index (χ1n) is 6.45. The molecule has 0 aliphatic rings. The highest BCUT2D eigenvalue weighted by atomic mass is 19.4. The fraction of sp³-hybridized carbons (Fsp3) is 0.133. The maximum Gasteiger partial charge on any atom is 0.416 e. The number of imidazole rings is 1. The molecule has 0 bridgehead atoms. The van der Waals surface area contributed by atoms with Gasteiger partial charge in [0.15, 0.2) is 0 Å². The number of ether oxygens (including phenoxy) is 1. The summed E-state index contributed by atoms with van der Waals surface area (Å²) in [5, 5.41) is 0. The first-order valence-corrected chi connectivity index (χ1v) is 6.45. The summed E-state index contributed by atoms with van der Waals surface area (Å²) in [7, 11) is 0. The third kappa shape index (κ3) is 2.83. The highest BCUT2D eigenvalue weighted by Crippen LogP contribution is 2.30. The van der Waals surface area contributed by atoms with Crippen molar-refractivity contribution in [1.82, 2.24) is 9.38 Å². The van der Waals surface area contributed by atoms with Crippen LogP contribution in [-0.4, -0.2) is 9.38 Å². The van der Waals surface area contributed by atoms with Gasteiger partial charge in [0.25, 0.3) is 0 Å². The Morgan fingerprint density at radius 2 is 1.82 bits per heavy atom. The van der Waals surface area contributed by atoms with E-state index in [4.69, 9.17) is 10.5 Å². The first kappa shape index (κ1) is 14.2. The van der Waals surface area contributed by atoms with Gasteiger partial charge in [-0.3, -0.25) is 4.40 Å². The summed E-state index contributed by atoms with van der Waals surface area (Å²) in [6, 6.07) is 8.07. The van der Waals surface area contributed by atoms with Crippen molar-refractivity contribution in [2.45, 2.75) is 12.8 Å². The normalized spacial score (nSPS) is 11.8. The zero-order chi connectivity index (χ0) is 15.7. The second kappa shape index (κ2) is 5.25. The van der Waals surface area contributed by atoms with Crippen molar-refractivity contribution in [2.24, 2.45) is 0 Å². The van der Waals surface area contributed by atoms with Gasteiger partial charge in [0, 0.05) is 11.9 Å². The summed E-state index contributed by atoms with van der Waals surface area (Å²) >= 11 is 0. The predicted molar refractivity (Wildman–Crippen MR) is 75.4 cm³/mol. The number of hydrogen-bond donors (Lipinski definition) is 1. The van der Waals surface area contributed by atoms with E-state index in [9.17, 15) is 13.2 Å². The second-order valence-electron chi connectivity index (χ2n) is 4.75. The monoisotopic (exact) mass is 307 g/mol. The van der Waals surface area contributed by atoms with Gasteiger partial charge < -0.3 is 10.5 Å². The Hall–Kier alpha value is -2.70. The van der Waals surface area contributed by atoms with Crippen LogP contribution in [0.15, 0.2) is 48.8 Å². The van der Waals surface area contributed by atoms with E-state index >= 15 is 0 Å². The van der Waals surface area contributed by atoms with Crippen molar-refractivity contribution in [2.75, 3.05) is 5.73 Å². The standard InChI is InChI=1S/C15H12F3N3O/c16-15(17,18)10-1-4-13(5-2-10)22-9-12-7-20-14-6-3-11(19)8-21(12)14/h1-8H,9,19H2. The van der Waals surface area contributed by atoms with Crippen LogP contribution in [0.25, 0.3) is 5.65 Å². The van der Waals surface area contributed by atoms with Gasteiger partial charge in [-0.05, 0) is 36.4 Å². The average molecular weight is 307 g/mol. The van der Waals surface area contributed by atoms with Crippen LogP contribution in [0.5, 0.6) is 5.75 Å². The number of hydrogen-bond acceptors (Lipinski definition) is 3. The van der Waals surface area contributed by atoms with Crippen LogP contribution in [0.2, 0.25) is 0 Å². The van der Waals surface area contributed by atoms with Gasteiger partial charge in [0.1, 0.15) is 18.0 Å². The second-order valence-corrected chi connectivity index (χ2v) is 4.75. The maximum atomic E-state index is 12.5. The minimum Gasteiger partial charge on any atom is -0.487 e. The summed E-state index contributed by atoms with van der Waals surface area (Å²) in [6.07, 6.45) is -0.996. The van der Waals surface area contributed by atoms with Gasteiger partial charge >= 0.3 is 6.18 Å². The minimum atomic E-state index is -4.35. The molecular formula is C15H12F3N3O. The van der Waals surface area contributed by atoms with Crippen LogP contribution in [0.4, 0.5) is 18.9 Å². The summed E-state index contributed by atoms with van der Waals surface area (Å²) in [6.45, 7) is 0.177. The molecule has 1 aromatic carbocycles. The Kier molecular flexibility index (Phi) is 3.40. The Morgan fingerprint density at radius 3 is 2.50 bits per heavy atom. The van der Waals surface area contributed by atoms with Gasteiger partial charge in [-0.15, -0.1) is 0 Å². The lowest BCUT2D eigenvalue weighted by atomic mass is 10.2. The molecule has 2 N–H and O–H groups in total. The molecule has 114 valence electrons. The lowest BCUT2D eigenvalue weighted by Crippen LogP contribution is -2.05. The van der Waals surface area contributed by atoms with Crippen LogP contribution >= 0.6 is 0 Å². The van der Waals surface area contributed by atoms with Crippen LogP contribution in [-0.2, 0) is 12.8 Å². The van der Waals surface area contributed by atoms with E-state index in [1.807, 2.05) is 0 Å². The fourth-order valence-electron chi connectivity index (χ4n) is 2.05. The highest BCUT2D eigenvalue weighted by Gasteiger charge is 2.30. The maximum absolute atomic E-state index is 12.5. The van der Waals surface area contributed by atoms with Gasteiger partial charge in [0.2, 0.25) is 0 Å². The molecule has 0 saturated carbocycles. The van der Waals surface area contributed by atoms with Crippen molar-refractivity contribution in [3.05, 3.63) is 60.0 Å². The largest absolute Gasteiger partial charge is 0.487 e. The molecule has 0 unspecified atom stereocenters. The smallest absolute Gasteiger partial charge is 0.416 e. The Bertz CT molecular complexity index is 794. The zero-order valence-electron chi connectivity index (χ0n) is 11.3.